The molecule has 0 fully saturated rings. The Morgan fingerprint density at radius 2 is 1.60 bits per heavy atom. The highest BCUT2D eigenvalue weighted by Crippen LogP contribution is 2.28. The molecule has 0 unspecified atom stereocenters. The van der Waals surface area contributed by atoms with E-state index >= 15 is 0 Å². The molecule has 2 aromatic rings. The molecule has 0 aliphatic rings. The van der Waals surface area contributed by atoms with Gasteiger partial charge in [-0.2, -0.15) is 0 Å². The van der Waals surface area contributed by atoms with E-state index in [1.54, 1.807) is 0 Å². The van der Waals surface area contributed by atoms with E-state index in [-0.39, 0.29) is 0 Å². The number of nitrogens with zero attached hydrogens (tertiary/aromatic N) is 1. The Hall–Kier alpha value is -1.77. The van der Waals surface area contributed by atoms with Crippen molar-refractivity contribution in [2.24, 2.45) is 0 Å². The molecule has 1 heterocycles. The number of nitrogens with two attached hydrogens (primary N) is 2. The van der Waals surface area contributed by atoms with Crippen LogP contribution in [0.25, 0.3) is 10.9 Å². The van der Waals surface area contributed by atoms with Crippen LogP contribution in [0.4, 0.5) is 11.4 Å². The SMILES string of the molecule is CCCCCCCCc1nc2ccccc2c(N)c1N. The third kappa shape index (κ3) is 3.41. The molecule has 0 spiro atoms. The lowest BCUT2D eigenvalue weighted by Gasteiger charge is -2.10. The van der Waals surface area contributed by atoms with Gasteiger partial charge in [0.2, 0.25) is 0 Å². The number of hydrogen-bond acceptors (Lipinski definition) is 3. The molecular weight excluding hydrogens is 246 g/mol. The first-order chi connectivity index (χ1) is 9.74. The number of pyridine rings is 1. The van der Waals surface area contributed by atoms with Gasteiger partial charge in [-0.3, -0.25) is 4.98 Å². The maximum atomic E-state index is 6.12. The Labute approximate surface area is 121 Å². The van der Waals surface area contributed by atoms with Crippen molar-refractivity contribution in [2.45, 2.75) is 51.9 Å². The molecule has 2 rings (SSSR count). The molecule has 20 heavy (non-hydrogen) atoms. The number of fused-ring (bicyclic) bond motifs is 1. The lowest BCUT2D eigenvalue weighted by atomic mass is 10.0. The number of anilines is 2. The van der Waals surface area contributed by atoms with Crippen molar-refractivity contribution < 1.29 is 0 Å². The number of hydrogen-bond donors (Lipinski definition) is 2. The molecule has 108 valence electrons. The molecule has 0 saturated carbocycles. The summed E-state index contributed by atoms with van der Waals surface area (Å²) in [5.41, 5.74) is 15.5. The van der Waals surface area contributed by atoms with Crippen LogP contribution < -0.4 is 11.5 Å². The summed E-state index contributed by atoms with van der Waals surface area (Å²) in [6.07, 6.45) is 8.56. The van der Waals surface area contributed by atoms with E-state index in [0.717, 1.165) is 29.4 Å². The molecule has 0 amide bonds. The van der Waals surface area contributed by atoms with Crippen molar-refractivity contribution in [3.05, 3.63) is 30.0 Å². The second-order valence-corrected chi connectivity index (χ2v) is 5.42. The predicted molar refractivity (Wildman–Crippen MR) is 87.6 cm³/mol. The lowest BCUT2D eigenvalue weighted by molar-refractivity contribution is 0.605. The van der Waals surface area contributed by atoms with E-state index in [0.29, 0.717) is 11.4 Å². The maximum absolute atomic E-state index is 6.12. The zero-order valence-electron chi connectivity index (χ0n) is 12.4. The lowest BCUT2D eigenvalue weighted by Crippen LogP contribution is -2.04. The third-order valence-corrected chi connectivity index (χ3v) is 3.82. The van der Waals surface area contributed by atoms with E-state index in [2.05, 4.69) is 11.9 Å². The number of rotatable bonds is 7. The van der Waals surface area contributed by atoms with Gasteiger partial charge in [-0.15, -0.1) is 0 Å². The van der Waals surface area contributed by atoms with Crippen molar-refractivity contribution in [3.63, 3.8) is 0 Å². The van der Waals surface area contributed by atoms with Gasteiger partial charge in [0.05, 0.1) is 22.6 Å². The summed E-state index contributed by atoms with van der Waals surface area (Å²) >= 11 is 0. The van der Waals surface area contributed by atoms with Crippen LogP contribution in [0.2, 0.25) is 0 Å². The number of aryl methyl sites for hydroxylation is 1. The Morgan fingerprint density at radius 3 is 2.40 bits per heavy atom. The van der Waals surface area contributed by atoms with Crippen LogP contribution in [-0.4, -0.2) is 4.98 Å². The van der Waals surface area contributed by atoms with Crippen LogP contribution >= 0.6 is 0 Å². The zero-order valence-corrected chi connectivity index (χ0v) is 12.4. The van der Waals surface area contributed by atoms with Gasteiger partial charge in [0.15, 0.2) is 0 Å². The van der Waals surface area contributed by atoms with Crippen molar-refractivity contribution in [1.82, 2.24) is 4.98 Å². The maximum Gasteiger partial charge on any atom is 0.0773 e. The highest BCUT2D eigenvalue weighted by molar-refractivity contribution is 5.96. The van der Waals surface area contributed by atoms with Gasteiger partial charge in [-0.25, -0.2) is 0 Å². The predicted octanol–water partition coefficient (Wildman–Crippen LogP) is 4.30. The average molecular weight is 271 g/mol. The smallest absolute Gasteiger partial charge is 0.0773 e. The van der Waals surface area contributed by atoms with E-state index in [9.17, 15) is 0 Å². The summed E-state index contributed by atoms with van der Waals surface area (Å²) in [7, 11) is 0. The molecule has 4 N–H and O–H groups in total. The molecule has 1 aromatic carbocycles. The first-order valence-corrected chi connectivity index (χ1v) is 7.66. The van der Waals surface area contributed by atoms with Gasteiger partial charge in [-0.1, -0.05) is 57.2 Å². The van der Waals surface area contributed by atoms with Crippen LogP contribution in [0, 0.1) is 0 Å². The summed E-state index contributed by atoms with van der Waals surface area (Å²) in [6, 6.07) is 7.92. The molecule has 0 atom stereocenters. The van der Waals surface area contributed by atoms with Gasteiger partial charge < -0.3 is 11.5 Å². The van der Waals surface area contributed by atoms with Crippen LogP contribution in [0.3, 0.4) is 0 Å². The van der Waals surface area contributed by atoms with Crippen molar-refractivity contribution in [1.29, 1.82) is 0 Å². The first kappa shape index (κ1) is 14.6. The molecule has 1 aromatic heterocycles. The van der Waals surface area contributed by atoms with Crippen molar-refractivity contribution in [2.75, 3.05) is 11.5 Å². The number of nitrogen functional groups attached to an aromatic ring is 2. The Bertz CT molecular complexity index is 563. The normalized spacial score (nSPS) is 11.1. The zero-order chi connectivity index (χ0) is 14.4. The molecule has 0 bridgehead atoms. The van der Waals surface area contributed by atoms with E-state index < -0.39 is 0 Å². The van der Waals surface area contributed by atoms with Crippen LogP contribution in [-0.2, 0) is 6.42 Å². The number of aromatic nitrogens is 1. The van der Waals surface area contributed by atoms with E-state index in [1.165, 1.54) is 32.1 Å². The largest absolute Gasteiger partial charge is 0.396 e. The summed E-state index contributed by atoms with van der Waals surface area (Å²) in [5, 5.41) is 0.955. The number of para-hydroxylation sites is 1. The highest BCUT2D eigenvalue weighted by Gasteiger charge is 2.09. The average Bonchev–Trinajstić information content (AvgIpc) is 2.47. The van der Waals surface area contributed by atoms with Crippen LogP contribution in [0.5, 0.6) is 0 Å². The topological polar surface area (TPSA) is 64.9 Å². The Morgan fingerprint density at radius 1 is 0.900 bits per heavy atom. The highest BCUT2D eigenvalue weighted by atomic mass is 14.8. The monoisotopic (exact) mass is 271 g/mol. The van der Waals surface area contributed by atoms with Crippen LogP contribution in [0.1, 0.15) is 51.1 Å². The molecular formula is C17H25N3. The molecule has 0 saturated heterocycles. The minimum Gasteiger partial charge on any atom is -0.396 e. The Balaban J connectivity index is 2.01. The molecule has 3 nitrogen and oxygen atoms in total. The molecule has 3 heteroatoms. The van der Waals surface area contributed by atoms with Crippen molar-refractivity contribution in [3.8, 4) is 0 Å². The standard InChI is InChI=1S/C17H25N3/c1-2-3-4-5-6-7-12-15-17(19)16(18)13-10-8-9-11-14(13)20-15/h8-11H,2-7,12,19H2,1H3,(H2,18,20). The van der Waals surface area contributed by atoms with E-state index in [4.69, 9.17) is 11.5 Å². The fourth-order valence-electron chi connectivity index (χ4n) is 2.57. The fraction of sp³-hybridized carbons (Fsp3) is 0.471. The minimum atomic E-state index is 0.664. The van der Waals surface area contributed by atoms with Gasteiger partial charge >= 0.3 is 0 Å². The minimum absolute atomic E-state index is 0.664. The second-order valence-electron chi connectivity index (χ2n) is 5.42. The second kappa shape index (κ2) is 7.13. The molecule has 0 aliphatic heterocycles. The third-order valence-electron chi connectivity index (χ3n) is 3.82. The van der Waals surface area contributed by atoms with E-state index in [1.807, 2.05) is 24.3 Å². The first-order valence-electron chi connectivity index (χ1n) is 7.66. The summed E-state index contributed by atoms with van der Waals surface area (Å²) < 4.78 is 0. The number of benzene rings is 1. The summed E-state index contributed by atoms with van der Waals surface area (Å²) in [4.78, 5) is 4.66. The molecule has 0 radical (unpaired) electrons. The quantitative estimate of drug-likeness (QED) is 0.738. The van der Waals surface area contributed by atoms with Gasteiger partial charge in [-0.05, 0) is 18.9 Å². The summed E-state index contributed by atoms with van der Waals surface area (Å²) in [6.45, 7) is 2.24. The van der Waals surface area contributed by atoms with Gasteiger partial charge in [0.25, 0.3) is 0 Å². The summed E-state index contributed by atoms with van der Waals surface area (Å²) in [5.74, 6) is 0. The van der Waals surface area contributed by atoms with Gasteiger partial charge in [0, 0.05) is 5.39 Å². The fourth-order valence-corrected chi connectivity index (χ4v) is 2.57. The van der Waals surface area contributed by atoms with Gasteiger partial charge in [0.1, 0.15) is 0 Å². The van der Waals surface area contributed by atoms with Crippen LogP contribution in [0.15, 0.2) is 24.3 Å². The number of unbranched alkanes of at least 4 members (excludes halogenated alkanes) is 5. The van der Waals surface area contributed by atoms with Crippen molar-refractivity contribution >= 4 is 22.3 Å². The molecule has 0 aliphatic carbocycles. The Kier molecular flexibility index (Phi) is 5.22.